The summed E-state index contributed by atoms with van der Waals surface area (Å²) in [6.45, 7) is 4.66. The maximum atomic E-state index is 11.5. The van der Waals surface area contributed by atoms with Gasteiger partial charge in [0.05, 0.1) is 12.6 Å². The molecule has 2 atom stereocenters. The van der Waals surface area contributed by atoms with E-state index in [1.807, 2.05) is 18.3 Å². The molecule has 1 rings (SSSR count). The first kappa shape index (κ1) is 28.6. The lowest BCUT2D eigenvalue weighted by molar-refractivity contribution is -0.131. The van der Waals surface area contributed by atoms with Crippen LogP contribution < -0.4 is 16.8 Å². The van der Waals surface area contributed by atoms with Crippen LogP contribution in [0.15, 0.2) is 35.0 Å². The number of nitrogens with zero attached hydrogens (tertiary/aromatic N) is 1. The molecule has 0 bridgehead atoms. The van der Waals surface area contributed by atoms with E-state index in [4.69, 9.17) is 11.5 Å². The molecule has 0 saturated heterocycles. The summed E-state index contributed by atoms with van der Waals surface area (Å²) in [4.78, 5) is 18.7. The number of hydrogen-bond acceptors (Lipinski definition) is 3. The number of hydrogen-bond donors (Lipinski definition) is 5. The largest absolute Gasteiger partial charge is 0.478 e. The van der Waals surface area contributed by atoms with Gasteiger partial charge in [-0.1, -0.05) is 84.5 Å². The van der Waals surface area contributed by atoms with Crippen LogP contribution in [0.2, 0.25) is 0 Å². The summed E-state index contributed by atoms with van der Waals surface area (Å²) < 4.78 is 0. The molecule has 1 aromatic heterocycles. The number of aliphatic imine (C=N–C) groups is 1. The van der Waals surface area contributed by atoms with Gasteiger partial charge in [0.2, 0.25) is 0 Å². The van der Waals surface area contributed by atoms with E-state index in [9.17, 15) is 9.90 Å². The highest BCUT2D eigenvalue weighted by atomic mass is 16.4. The highest BCUT2D eigenvalue weighted by Gasteiger charge is 2.19. The lowest BCUT2D eigenvalue weighted by Crippen LogP contribution is -2.28. The molecule has 0 aliphatic rings. The van der Waals surface area contributed by atoms with Crippen molar-refractivity contribution >= 4 is 17.7 Å². The third-order valence-electron chi connectivity index (χ3n) is 6.17. The zero-order valence-corrected chi connectivity index (χ0v) is 20.8. The highest BCUT2D eigenvalue weighted by molar-refractivity contribution is 5.81. The maximum Gasteiger partial charge on any atom is 0.328 e. The average Bonchev–Trinajstić information content (AvgIpc) is 3.29. The number of unbranched alkanes of at least 4 members (excludes halogenated alkanes) is 7. The minimum atomic E-state index is -0.986. The number of aromatic amines is 1. The van der Waals surface area contributed by atoms with Crippen molar-refractivity contribution in [3.63, 3.8) is 0 Å². The van der Waals surface area contributed by atoms with Crippen molar-refractivity contribution in [2.45, 2.75) is 103 Å². The molecule has 0 aliphatic heterocycles. The van der Waals surface area contributed by atoms with Gasteiger partial charge in [0.25, 0.3) is 0 Å². The Morgan fingerprint density at radius 1 is 1.03 bits per heavy atom. The van der Waals surface area contributed by atoms with Gasteiger partial charge < -0.3 is 26.9 Å². The molecule has 1 aromatic rings. The molecule has 33 heavy (non-hydrogen) atoms. The van der Waals surface area contributed by atoms with Gasteiger partial charge in [-0.2, -0.15) is 0 Å². The SMILES string of the molecule is CCCCCCCCC(CCCCC)CCC(Nc1ccc[nH]1)C(=CC(=O)O)CN=C(N)N. The Bertz CT molecular complexity index is 681. The molecule has 188 valence electrons. The molecule has 0 spiro atoms. The Morgan fingerprint density at radius 2 is 1.67 bits per heavy atom. The summed E-state index contributed by atoms with van der Waals surface area (Å²) in [5, 5.41) is 12.9. The van der Waals surface area contributed by atoms with Crippen LogP contribution in [0.4, 0.5) is 5.82 Å². The number of anilines is 1. The molecule has 7 N–H and O–H groups in total. The van der Waals surface area contributed by atoms with Gasteiger partial charge in [0.1, 0.15) is 5.82 Å². The number of aliphatic carboxylic acids is 1. The standard InChI is InChI=1S/C26H47N5O2/c1-3-5-7-8-9-11-14-21(13-10-6-4-2)16-17-23(31-24-15-12-18-29-24)22(19-25(32)33)20-30-26(27)28/h12,15,18-19,21,23,29,31H,3-11,13-14,16-17,20H2,1-2H3,(H,32,33)(H4,27,28,30). The van der Waals surface area contributed by atoms with Gasteiger partial charge in [-0.25, -0.2) is 9.79 Å². The molecule has 0 amide bonds. The second kappa shape index (κ2) is 18.0. The first-order chi connectivity index (χ1) is 16.0. The lowest BCUT2D eigenvalue weighted by Gasteiger charge is -2.24. The summed E-state index contributed by atoms with van der Waals surface area (Å²) in [6.07, 6.45) is 19.1. The van der Waals surface area contributed by atoms with Crippen LogP contribution >= 0.6 is 0 Å². The topological polar surface area (TPSA) is 130 Å². The van der Waals surface area contributed by atoms with Crippen molar-refractivity contribution in [3.05, 3.63) is 30.0 Å². The van der Waals surface area contributed by atoms with Crippen molar-refractivity contribution < 1.29 is 9.90 Å². The molecule has 0 aliphatic carbocycles. The van der Waals surface area contributed by atoms with Gasteiger partial charge >= 0.3 is 5.97 Å². The van der Waals surface area contributed by atoms with Crippen LogP contribution in [0.1, 0.15) is 97.3 Å². The number of nitrogens with one attached hydrogen (secondary N) is 2. The minimum absolute atomic E-state index is 0.0366. The van der Waals surface area contributed by atoms with Crippen molar-refractivity contribution in [2.75, 3.05) is 11.9 Å². The summed E-state index contributed by atoms with van der Waals surface area (Å²) >= 11 is 0. The first-order valence-electron chi connectivity index (χ1n) is 12.8. The molecule has 0 radical (unpaired) electrons. The highest BCUT2D eigenvalue weighted by Crippen LogP contribution is 2.26. The zero-order chi connectivity index (χ0) is 24.3. The number of H-pyrrole nitrogens is 1. The lowest BCUT2D eigenvalue weighted by atomic mass is 9.88. The molecule has 7 nitrogen and oxygen atoms in total. The van der Waals surface area contributed by atoms with E-state index < -0.39 is 5.97 Å². The van der Waals surface area contributed by atoms with Gasteiger partial charge in [0, 0.05) is 12.3 Å². The number of carboxylic acids is 1. The fourth-order valence-electron chi connectivity index (χ4n) is 4.29. The Balaban J connectivity index is 2.83. The predicted octanol–water partition coefficient (Wildman–Crippen LogP) is 5.81. The van der Waals surface area contributed by atoms with Crippen LogP contribution in [-0.2, 0) is 4.79 Å². The molecule has 1 heterocycles. The maximum absolute atomic E-state index is 11.5. The number of guanidine groups is 1. The van der Waals surface area contributed by atoms with Gasteiger partial charge in [0.15, 0.2) is 5.96 Å². The van der Waals surface area contributed by atoms with Crippen molar-refractivity contribution in [1.82, 2.24) is 4.98 Å². The molecule has 0 aromatic carbocycles. The molecule has 2 unspecified atom stereocenters. The second-order valence-corrected chi connectivity index (χ2v) is 9.07. The Hall–Kier alpha value is -2.44. The molecule has 7 heteroatoms. The molecular formula is C26H47N5O2. The first-order valence-corrected chi connectivity index (χ1v) is 12.8. The van der Waals surface area contributed by atoms with Crippen molar-refractivity contribution in [1.29, 1.82) is 0 Å². The fourth-order valence-corrected chi connectivity index (χ4v) is 4.29. The van der Waals surface area contributed by atoms with E-state index in [1.54, 1.807) is 0 Å². The van der Waals surface area contributed by atoms with E-state index in [-0.39, 0.29) is 18.5 Å². The van der Waals surface area contributed by atoms with Crippen molar-refractivity contribution in [3.8, 4) is 0 Å². The quantitative estimate of drug-likeness (QED) is 0.0724. The zero-order valence-electron chi connectivity index (χ0n) is 20.8. The van der Waals surface area contributed by atoms with Crippen LogP contribution in [0.3, 0.4) is 0 Å². The van der Waals surface area contributed by atoms with E-state index in [0.717, 1.165) is 18.7 Å². The molecule has 0 saturated carbocycles. The Morgan fingerprint density at radius 3 is 2.27 bits per heavy atom. The van der Waals surface area contributed by atoms with Gasteiger partial charge in [-0.3, -0.25) is 0 Å². The normalized spacial score (nSPS) is 13.5. The van der Waals surface area contributed by atoms with Crippen LogP contribution in [-0.4, -0.2) is 34.6 Å². The smallest absolute Gasteiger partial charge is 0.328 e. The van der Waals surface area contributed by atoms with E-state index in [0.29, 0.717) is 11.5 Å². The van der Waals surface area contributed by atoms with E-state index >= 15 is 0 Å². The summed E-state index contributed by atoms with van der Waals surface area (Å²) in [5.41, 5.74) is 11.7. The number of carbonyl (C=O) groups is 1. The Kier molecular flexibility index (Phi) is 15.6. The number of nitrogens with two attached hydrogens (primary N) is 2. The number of carboxylic acid groups (broad SMARTS) is 1. The third kappa shape index (κ3) is 14.3. The predicted molar refractivity (Wildman–Crippen MR) is 139 cm³/mol. The van der Waals surface area contributed by atoms with Crippen LogP contribution in [0.5, 0.6) is 0 Å². The van der Waals surface area contributed by atoms with E-state index in [1.165, 1.54) is 76.7 Å². The number of aromatic nitrogens is 1. The monoisotopic (exact) mass is 461 g/mol. The van der Waals surface area contributed by atoms with Gasteiger partial charge in [-0.05, 0) is 36.5 Å². The van der Waals surface area contributed by atoms with Gasteiger partial charge in [-0.15, -0.1) is 0 Å². The number of rotatable bonds is 20. The van der Waals surface area contributed by atoms with E-state index in [2.05, 4.69) is 29.1 Å². The van der Waals surface area contributed by atoms with Crippen LogP contribution in [0, 0.1) is 5.92 Å². The summed E-state index contributed by atoms with van der Waals surface area (Å²) in [5.74, 6) is 0.496. The molecular weight excluding hydrogens is 414 g/mol. The summed E-state index contributed by atoms with van der Waals surface area (Å²) in [6, 6.07) is 3.71. The summed E-state index contributed by atoms with van der Waals surface area (Å²) in [7, 11) is 0. The minimum Gasteiger partial charge on any atom is -0.478 e. The Labute approximate surface area is 200 Å². The second-order valence-electron chi connectivity index (χ2n) is 9.07. The average molecular weight is 462 g/mol. The fraction of sp³-hybridized carbons (Fsp3) is 0.692. The van der Waals surface area contributed by atoms with Crippen LogP contribution in [0.25, 0.3) is 0 Å². The third-order valence-corrected chi connectivity index (χ3v) is 6.17. The molecule has 0 fully saturated rings. The van der Waals surface area contributed by atoms with Crippen molar-refractivity contribution in [2.24, 2.45) is 22.4 Å².